The lowest BCUT2D eigenvalue weighted by Crippen LogP contribution is -2.29. The van der Waals surface area contributed by atoms with E-state index in [4.69, 9.17) is 5.26 Å². The molecule has 0 heterocycles. The van der Waals surface area contributed by atoms with Crippen molar-refractivity contribution in [2.45, 2.75) is 25.8 Å². The van der Waals surface area contributed by atoms with Crippen LogP contribution in [0.3, 0.4) is 0 Å². The van der Waals surface area contributed by atoms with Gasteiger partial charge in [0.05, 0.1) is 12.5 Å². The summed E-state index contributed by atoms with van der Waals surface area (Å²) in [4.78, 5) is 2.25. The van der Waals surface area contributed by atoms with Crippen LogP contribution in [0.2, 0.25) is 0 Å². The van der Waals surface area contributed by atoms with Crippen molar-refractivity contribution in [3.05, 3.63) is 0 Å². The summed E-state index contributed by atoms with van der Waals surface area (Å²) in [7, 11) is 2.09. The molecule has 0 saturated carbocycles. The Bertz CT molecular complexity index is 142. The van der Waals surface area contributed by atoms with Gasteiger partial charge in [-0.15, -0.1) is 0 Å². The number of rotatable bonds is 6. The number of hydrogen-bond acceptors (Lipinski definition) is 3. The number of nitriles is 1. The second-order valence-corrected chi connectivity index (χ2v) is 4.02. The predicted molar refractivity (Wildman–Crippen MR) is 55.3 cm³/mol. The van der Waals surface area contributed by atoms with Crippen LogP contribution in [0.5, 0.6) is 0 Å². The van der Waals surface area contributed by atoms with Gasteiger partial charge in [0.15, 0.2) is 0 Å². The van der Waals surface area contributed by atoms with Gasteiger partial charge in [-0.2, -0.15) is 17.0 Å². The quantitative estimate of drug-likeness (QED) is 0.593. The Hall–Kier alpha value is -0.200. The molecule has 0 aliphatic heterocycles. The second kappa shape index (κ2) is 7.45. The van der Waals surface area contributed by atoms with E-state index in [0.29, 0.717) is 12.5 Å². The Labute approximate surface area is 79.9 Å². The van der Waals surface area contributed by atoms with Crippen molar-refractivity contribution in [2.75, 3.05) is 25.6 Å². The van der Waals surface area contributed by atoms with Gasteiger partial charge in [-0.05, 0) is 38.9 Å². The molecule has 0 radical (unpaired) electrons. The molecule has 3 heteroatoms. The number of nitrogens with zero attached hydrogens (tertiary/aromatic N) is 2. The maximum absolute atomic E-state index is 8.48. The van der Waals surface area contributed by atoms with E-state index in [1.165, 1.54) is 12.2 Å². The molecule has 0 amide bonds. The number of thioether (sulfide) groups is 1. The van der Waals surface area contributed by atoms with Crippen LogP contribution < -0.4 is 0 Å². The Morgan fingerprint density at radius 2 is 2.25 bits per heavy atom. The van der Waals surface area contributed by atoms with Crippen molar-refractivity contribution in [3.8, 4) is 6.07 Å². The molecule has 0 aromatic carbocycles. The Morgan fingerprint density at radius 3 is 2.75 bits per heavy atom. The normalized spacial score (nSPS) is 12.9. The van der Waals surface area contributed by atoms with Crippen molar-refractivity contribution >= 4 is 11.8 Å². The van der Waals surface area contributed by atoms with Gasteiger partial charge < -0.3 is 4.90 Å². The first-order valence-corrected chi connectivity index (χ1v) is 5.68. The van der Waals surface area contributed by atoms with Crippen molar-refractivity contribution in [1.82, 2.24) is 4.90 Å². The Kier molecular flexibility index (Phi) is 7.33. The maximum atomic E-state index is 8.48. The first kappa shape index (κ1) is 11.8. The molecule has 0 bridgehead atoms. The van der Waals surface area contributed by atoms with Gasteiger partial charge in [-0.25, -0.2) is 0 Å². The first-order chi connectivity index (χ1) is 5.72. The summed E-state index contributed by atoms with van der Waals surface area (Å²) in [6, 6.07) is 2.59. The van der Waals surface area contributed by atoms with E-state index >= 15 is 0 Å². The maximum Gasteiger partial charge on any atom is 0.0638 e. The first-order valence-electron chi connectivity index (χ1n) is 4.28. The van der Waals surface area contributed by atoms with E-state index in [-0.39, 0.29) is 0 Å². The average molecular weight is 186 g/mol. The molecule has 1 atom stereocenters. The zero-order chi connectivity index (χ0) is 9.40. The SMILES string of the molecule is CSCCCN(C)C(C)CC#N. The highest BCUT2D eigenvalue weighted by atomic mass is 32.2. The molecule has 0 N–H and O–H groups in total. The Morgan fingerprint density at radius 1 is 1.58 bits per heavy atom. The molecule has 0 rings (SSSR count). The van der Waals surface area contributed by atoms with E-state index in [0.717, 1.165) is 6.54 Å². The van der Waals surface area contributed by atoms with Gasteiger partial charge in [-0.3, -0.25) is 0 Å². The summed E-state index contributed by atoms with van der Waals surface area (Å²) in [6.07, 6.45) is 3.97. The van der Waals surface area contributed by atoms with E-state index in [9.17, 15) is 0 Å². The monoisotopic (exact) mass is 186 g/mol. The molecule has 0 aliphatic rings. The third-order valence-electron chi connectivity index (χ3n) is 2.00. The largest absolute Gasteiger partial charge is 0.303 e. The highest BCUT2D eigenvalue weighted by molar-refractivity contribution is 7.98. The van der Waals surface area contributed by atoms with Crippen LogP contribution in [-0.4, -0.2) is 36.5 Å². The van der Waals surface area contributed by atoms with Gasteiger partial charge in [0.2, 0.25) is 0 Å². The highest BCUT2D eigenvalue weighted by Gasteiger charge is 2.06. The van der Waals surface area contributed by atoms with Crippen molar-refractivity contribution in [3.63, 3.8) is 0 Å². The van der Waals surface area contributed by atoms with E-state index in [1.807, 2.05) is 11.8 Å². The van der Waals surface area contributed by atoms with Crippen LogP contribution in [0.1, 0.15) is 19.8 Å². The molecule has 1 unspecified atom stereocenters. The molecule has 0 aliphatic carbocycles. The topological polar surface area (TPSA) is 27.0 Å². The fraction of sp³-hybridized carbons (Fsp3) is 0.889. The van der Waals surface area contributed by atoms with Crippen LogP contribution in [0, 0.1) is 11.3 Å². The predicted octanol–water partition coefficient (Wildman–Crippen LogP) is 1.97. The minimum absolute atomic E-state index is 0.400. The van der Waals surface area contributed by atoms with Crippen molar-refractivity contribution in [1.29, 1.82) is 5.26 Å². The molecular formula is C9H18N2S. The fourth-order valence-electron chi connectivity index (χ4n) is 0.967. The van der Waals surface area contributed by atoms with Crippen molar-refractivity contribution < 1.29 is 0 Å². The third-order valence-corrected chi connectivity index (χ3v) is 2.70. The lowest BCUT2D eigenvalue weighted by atomic mass is 10.2. The lowest BCUT2D eigenvalue weighted by Gasteiger charge is -2.21. The molecule has 0 fully saturated rings. The molecule has 0 spiro atoms. The van der Waals surface area contributed by atoms with E-state index in [1.54, 1.807) is 0 Å². The Balaban J connectivity index is 3.43. The van der Waals surface area contributed by atoms with Gasteiger partial charge in [0, 0.05) is 6.04 Å². The minimum Gasteiger partial charge on any atom is -0.303 e. The summed E-state index contributed by atoms with van der Waals surface area (Å²) < 4.78 is 0. The van der Waals surface area contributed by atoms with E-state index in [2.05, 4.69) is 31.2 Å². The van der Waals surface area contributed by atoms with Crippen LogP contribution in [0.4, 0.5) is 0 Å². The standard InChI is InChI=1S/C9H18N2S/c1-9(5-6-10)11(2)7-4-8-12-3/h9H,4-5,7-8H2,1-3H3. The van der Waals surface area contributed by atoms with Gasteiger partial charge >= 0.3 is 0 Å². The fourth-order valence-corrected chi connectivity index (χ4v) is 1.38. The highest BCUT2D eigenvalue weighted by Crippen LogP contribution is 2.03. The van der Waals surface area contributed by atoms with Gasteiger partial charge in [-0.1, -0.05) is 0 Å². The molecular weight excluding hydrogens is 168 g/mol. The van der Waals surface area contributed by atoms with Crippen LogP contribution in [0.15, 0.2) is 0 Å². The molecule has 0 saturated heterocycles. The summed E-state index contributed by atoms with van der Waals surface area (Å²) in [5.74, 6) is 1.21. The van der Waals surface area contributed by atoms with E-state index < -0.39 is 0 Å². The molecule has 0 aromatic rings. The molecule has 70 valence electrons. The number of hydrogen-bond donors (Lipinski definition) is 0. The third kappa shape index (κ3) is 5.45. The van der Waals surface area contributed by atoms with Gasteiger partial charge in [0.25, 0.3) is 0 Å². The lowest BCUT2D eigenvalue weighted by molar-refractivity contribution is 0.262. The smallest absolute Gasteiger partial charge is 0.0638 e. The van der Waals surface area contributed by atoms with Crippen LogP contribution >= 0.6 is 11.8 Å². The molecule has 0 aromatic heterocycles. The summed E-state index contributed by atoms with van der Waals surface area (Å²) in [6.45, 7) is 3.20. The molecule has 2 nitrogen and oxygen atoms in total. The summed E-state index contributed by atoms with van der Waals surface area (Å²) in [5.41, 5.74) is 0. The zero-order valence-electron chi connectivity index (χ0n) is 8.21. The van der Waals surface area contributed by atoms with Crippen LogP contribution in [-0.2, 0) is 0 Å². The van der Waals surface area contributed by atoms with Crippen molar-refractivity contribution in [2.24, 2.45) is 0 Å². The zero-order valence-corrected chi connectivity index (χ0v) is 9.02. The summed E-state index contributed by atoms with van der Waals surface area (Å²) in [5, 5.41) is 8.48. The van der Waals surface area contributed by atoms with Crippen LogP contribution in [0.25, 0.3) is 0 Å². The summed E-state index contributed by atoms with van der Waals surface area (Å²) >= 11 is 1.88. The van der Waals surface area contributed by atoms with Gasteiger partial charge in [0.1, 0.15) is 0 Å². The minimum atomic E-state index is 0.400. The second-order valence-electron chi connectivity index (χ2n) is 3.04. The average Bonchev–Trinajstić information content (AvgIpc) is 2.05. The molecule has 12 heavy (non-hydrogen) atoms.